The molecule has 0 aliphatic rings. The number of benzene rings is 2. The molecule has 2 aromatic rings. The van der Waals surface area contributed by atoms with E-state index in [2.05, 4.69) is 5.32 Å². The molecule has 4 nitrogen and oxygen atoms in total. The summed E-state index contributed by atoms with van der Waals surface area (Å²) >= 11 is 0.387. The highest BCUT2D eigenvalue weighted by molar-refractivity contribution is 7.99. The first kappa shape index (κ1) is 19.4. The highest BCUT2D eigenvalue weighted by Crippen LogP contribution is 2.26. The standard InChI is InChI=1S/C18H13F3N2O2S/c1-25-16-7-2-11(9-15(16)19)8-12(10-22)17(24)23-13-3-5-14(6-4-13)26-18(20)21/h2-9,18H,1H3,(H,23,24)/b12-8+. The van der Waals surface area contributed by atoms with Crippen molar-refractivity contribution >= 4 is 29.4 Å². The van der Waals surface area contributed by atoms with Crippen LogP contribution < -0.4 is 10.1 Å². The number of amides is 1. The Bertz CT molecular complexity index is 862. The number of anilines is 1. The van der Waals surface area contributed by atoms with Gasteiger partial charge in [0.25, 0.3) is 11.7 Å². The molecule has 0 aliphatic carbocycles. The molecule has 0 spiro atoms. The average Bonchev–Trinajstić information content (AvgIpc) is 2.61. The van der Waals surface area contributed by atoms with Gasteiger partial charge in [-0.25, -0.2) is 4.39 Å². The number of rotatable bonds is 6. The van der Waals surface area contributed by atoms with Crippen LogP contribution in [0.4, 0.5) is 18.9 Å². The third kappa shape index (κ3) is 5.29. The van der Waals surface area contributed by atoms with Crippen molar-refractivity contribution in [3.8, 4) is 11.8 Å². The second-order valence-electron chi connectivity index (χ2n) is 4.92. The number of thioether (sulfide) groups is 1. The lowest BCUT2D eigenvalue weighted by Gasteiger charge is -2.06. The van der Waals surface area contributed by atoms with Crippen LogP contribution in [0.25, 0.3) is 6.08 Å². The Hall–Kier alpha value is -2.92. The zero-order valence-corrected chi connectivity index (χ0v) is 14.3. The van der Waals surface area contributed by atoms with Crippen molar-refractivity contribution in [2.24, 2.45) is 0 Å². The van der Waals surface area contributed by atoms with Gasteiger partial charge in [-0.05, 0) is 48.0 Å². The summed E-state index contributed by atoms with van der Waals surface area (Å²) in [5.41, 5.74) is 0.426. The van der Waals surface area contributed by atoms with E-state index < -0.39 is 17.5 Å². The van der Waals surface area contributed by atoms with E-state index in [0.29, 0.717) is 27.9 Å². The first-order valence-electron chi connectivity index (χ1n) is 7.24. The molecule has 8 heteroatoms. The molecule has 0 radical (unpaired) electrons. The van der Waals surface area contributed by atoms with Crippen LogP contribution in [0.2, 0.25) is 0 Å². The van der Waals surface area contributed by atoms with Crippen molar-refractivity contribution in [2.75, 3.05) is 12.4 Å². The highest BCUT2D eigenvalue weighted by Gasteiger charge is 2.11. The lowest BCUT2D eigenvalue weighted by atomic mass is 10.1. The monoisotopic (exact) mass is 378 g/mol. The first-order chi connectivity index (χ1) is 12.4. The molecule has 1 amide bonds. The summed E-state index contributed by atoms with van der Waals surface area (Å²) in [4.78, 5) is 12.5. The number of alkyl halides is 2. The third-order valence-corrected chi connectivity index (χ3v) is 3.91. The summed E-state index contributed by atoms with van der Waals surface area (Å²) in [6.07, 6.45) is 1.23. The van der Waals surface area contributed by atoms with Crippen LogP contribution in [0.3, 0.4) is 0 Å². The molecule has 2 aromatic carbocycles. The number of hydrogen-bond donors (Lipinski definition) is 1. The number of ether oxygens (including phenoxy) is 1. The third-order valence-electron chi connectivity index (χ3n) is 3.19. The van der Waals surface area contributed by atoms with E-state index in [1.54, 1.807) is 6.07 Å². The Morgan fingerprint density at radius 2 is 1.96 bits per heavy atom. The zero-order valence-electron chi connectivity index (χ0n) is 13.5. The van der Waals surface area contributed by atoms with Gasteiger partial charge in [-0.3, -0.25) is 4.79 Å². The molecule has 0 aliphatic heterocycles. The molecule has 0 atom stereocenters. The van der Waals surface area contributed by atoms with E-state index in [4.69, 9.17) is 10.00 Å². The van der Waals surface area contributed by atoms with Crippen LogP contribution in [0.15, 0.2) is 52.9 Å². The quantitative estimate of drug-likeness (QED) is 0.450. The maximum absolute atomic E-state index is 13.7. The van der Waals surface area contributed by atoms with Crippen molar-refractivity contribution in [1.29, 1.82) is 5.26 Å². The van der Waals surface area contributed by atoms with E-state index in [1.807, 2.05) is 0 Å². The average molecular weight is 378 g/mol. The summed E-state index contributed by atoms with van der Waals surface area (Å²) < 4.78 is 43.1. The van der Waals surface area contributed by atoms with Crippen molar-refractivity contribution < 1.29 is 22.7 Å². The van der Waals surface area contributed by atoms with Gasteiger partial charge in [0.2, 0.25) is 0 Å². The fraction of sp³-hybridized carbons (Fsp3) is 0.111. The number of carbonyl (C=O) groups is 1. The van der Waals surface area contributed by atoms with Gasteiger partial charge in [0, 0.05) is 10.6 Å². The van der Waals surface area contributed by atoms with E-state index in [9.17, 15) is 18.0 Å². The van der Waals surface area contributed by atoms with Crippen molar-refractivity contribution in [1.82, 2.24) is 0 Å². The number of nitriles is 1. The highest BCUT2D eigenvalue weighted by atomic mass is 32.2. The van der Waals surface area contributed by atoms with Crippen LogP contribution in [-0.4, -0.2) is 18.8 Å². The molecule has 0 heterocycles. The molecule has 2 rings (SSSR count). The lowest BCUT2D eigenvalue weighted by molar-refractivity contribution is -0.112. The van der Waals surface area contributed by atoms with Gasteiger partial charge in [-0.2, -0.15) is 14.0 Å². The SMILES string of the molecule is COc1ccc(/C=C(\C#N)C(=O)Nc2ccc(SC(F)F)cc2)cc1F. The molecule has 0 aromatic heterocycles. The van der Waals surface area contributed by atoms with Crippen LogP contribution in [0.5, 0.6) is 5.75 Å². The van der Waals surface area contributed by atoms with Crippen LogP contribution in [0, 0.1) is 17.1 Å². The largest absolute Gasteiger partial charge is 0.494 e. The Morgan fingerprint density at radius 3 is 2.50 bits per heavy atom. The first-order valence-corrected chi connectivity index (χ1v) is 8.12. The number of nitrogens with one attached hydrogen (secondary N) is 1. The van der Waals surface area contributed by atoms with Gasteiger partial charge in [0.05, 0.1) is 7.11 Å². The van der Waals surface area contributed by atoms with E-state index in [1.165, 1.54) is 49.6 Å². The Morgan fingerprint density at radius 1 is 1.27 bits per heavy atom. The number of hydrogen-bond acceptors (Lipinski definition) is 4. The van der Waals surface area contributed by atoms with E-state index in [-0.39, 0.29) is 11.3 Å². The normalized spacial score (nSPS) is 11.2. The molecule has 0 fully saturated rings. The predicted octanol–water partition coefficient (Wildman–Crippen LogP) is 4.69. The van der Waals surface area contributed by atoms with Gasteiger partial charge in [0.1, 0.15) is 11.6 Å². The zero-order chi connectivity index (χ0) is 19.1. The smallest absolute Gasteiger partial charge is 0.288 e. The fourth-order valence-electron chi connectivity index (χ4n) is 2.01. The minimum Gasteiger partial charge on any atom is -0.494 e. The maximum atomic E-state index is 13.7. The van der Waals surface area contributed by atoms with E-state index in [0.717, 1.165) is 6.07 Å². The lowest BCUT2D eigenvalue weighted by Crippen LogP contribution is -2.13. The molecule has 0 saturated heterocycles. The molecular weight excluding hydrogens is 365 g/mol. The molecule has 0 unspecified atom stereocenters. The minimum absolute atomic E-state index is 0.0480. The predicted molar refractivity (Wildman–Crippen MR) is 93.5 cm³/mol. The van der Waals surface area contributed by atoms with Crippen LogP contribution in [-0.2, 0) is 4.79 Å². The topological polar surface area (TPSA) is 62.1 Å². The molecular formula is C18H13F3N2O2S. The fourth-order valence-corrected chi connectivity index (χ4v) is 2.50. The van der Waals surface area contributed by atoms with Crippen molar-refractivity contribution in [3.05, 3.63) is 59.4 Å². The molecule has 0 saturated carbocycles. The Balaban J connectivity index is 2.13. The van der Waals surface area contributed by atoms with Gasteiger partial charge in [-0.15, -0.1) is 0 Å². The summed E-state index contributed by atoms with van der Waals surface area (Å²) in [5.74, 6) is -3.80. The van der Waals surface area contributed by atoms with Crippen molar-refractivity contribution in [2.45, 2.75) is 10.7 Å². The summed E-state index contributed by atoms with van der Waals surface area (Å²) in [5, 5.41) is 11.7. The maximum Gasteiger partial charge on any atom is 0.288 e. The molecule has 26 heavy (non-hydrogen) atoms. The van der Waals surface area contributed by atoms with E-state index >= 15 is 0 Å². The van der Waals surface area contributed by atoms with Gasteiger partial charge < -0.3 is 10.1 Å². The second kappa shape index (κ2) is 8.97. The Labute approximate surface area is 152 Å². The van der Waals surface area contributed by atoms with Gasteiger partial charge in [-0.1, -0.05) is 17.8 Å². The van der Waals surface area contributed by atoms with Gasteiger partial charge in [0.15, 0.2) is 11.6 Å². The number of halogens is 3. The molecule has 1 N–H and O–H groups in total. The van der Waals surface area contributed by atoms with Crippen LogP contribution >= 0.6 is 11.8 Å². The summed E-state index contributed by atoms with van der Waals surface area (Å²) in [7, 11) is 1.33. The number of methoxy groups -OCH3 is 1. The second-order valence-corrected chi connectivity index (χ2v) is 5.98. The number of nitrogens with zero attached hydrogens (tertiary/aromatic N) is 1. The Kier molecular flexibility index (Phi) is 6.69. The minimum atomic E-state index is -2.53. The van der Waals surface area contributed by atoms with Crippen LogP contribution in [0.1, 0.15) is 5.56 Å². The number of carbonyl (C=O) groups excluding carboxylic acids is 1. The molecule has 0 bridgehead atoms. The molecule has 134 valence electrons. The van der Waals surface area contributed by atoms with Gasteiger partial charge >= 0.3 is 0 Å². The summed E-state index contributed by atoms with van der Waals surface area (Å²) in [6.45, 7) is 0. The summed E-state index contributed by atoms with van der Waals surface area (Å²) in [6, 6.07) is 11.5. The van der Waals surface area contributed by atoms with Crippen molar-refractivity contribution in [3.63, 3.8) is 0 Å².